The molecule has 0 atom stereocenters. The van der Waals surface area contributed by atoms with Crippen LogP contribution in [0.3, 0.4) is 0 Å². The molecular formula is C72H230O13Si11. The summed E-state index contributed by atoms with van der Waals surface area (Å²) in [4.78, 5) is 0. The molecule has 0 aromatic rings. The highest BCUT2D eigenvalue weighted by Gasteiger charge is 2.22. The summed E-state index contributed by atoms with van der Waals surface area (Å²) in [6, 6.07) is 3.84. The molecule has 0 bridgehead atoms. The molecule has 0 rings (SSSR count). The fraction of sp³-hybridized carbons (Fsp3) is 0.972. The van der Waals surface area contributed by atoms with E-state index in [1.54, 1.807) is 71.1 Å². The van der Waals surface area contributed by atoms with E-state index in [4.69, 9.17) is 57.5 Å². The van der Waals surface area contributed by atoms with Crippen LogP contribution in [0.4, 0.5) is 0 Å². The minimum absolute atomic E-state index is 0. The molecule has 0 aromatic heterocycles. The SMILES string of the molecule is C.C.C.C.C.C.C.C.C.C.C.C.C.C.C.C.C.C.C.C.C.C.C=C[Si](C)(C)C.CCC[Si](C)(C)OC.CCC[Si](C)(C)OC.CCC[Si](C)(C)OC.CO[SiH](C)C.CO[Si](C)(C)C.CO[Si](C)(C)C.CO[Si](C)(C)C.CO[Si](C)(C)OC.CO[Si](C)(C)OC.CO[Si](C)(C)OC. The van der Waals surface area contributed by atoms with Crippen molar-refractivity contribution in [3.05, 3.63) is 12.3 Å². The van der Waals surface area contributed by atoms with Crippen LogP contribution < -0.4 is 0 Å². The summed E-state index contributed by atoms with van der Waals surface area (Å²) in [6.07, 6.45) is 3.77. The molecule has 96 heavy (non-hydrogen) atoms. The predicted octanol–water partition coefficient (Wildman–Crippen LogP) is 30.8. The zero-order valence-electron chi connectivity index (χ0n) is 58.4. The van der Waals surface area contributed by atoms with Gasteiger partial charge in [-0.25, -0.2) is 0 Å². The maximum Gasteiger partial charge on any atom is 0.331 e. The van der Waals surface area contributed by atoms with Crippen molar-refractivity contribution in [1.82, 2.24) is 0 Å². The Morgan fingerprint density at radius 1 is 0.240 bits per heavy atom. The Kier molecular flexibility index (Phi) is 280. The Labute approximate surface area is 642 Å². The second-order valence-electron chi connectivity index (χ2n) is 24.4. The van der Waals surface area contributed by atoms with Crippen molar-refractivity contribution in [3.63, 3.8) is 0 Å². The monoisotopic (exact) mass is 1610 g/mol. The predicted molar refractivity (Wildman–Crippen MR) is 512 cm³/mol. The van der Waals surface area contributed by atoms with Gasteiger partial charge in [-0.1, -0.05) is 223 Å². The van der Waals surface area contributed by atoms with Gasteiger partial charge in [-0.15, -0.1) is 12.3 Å². The highest BCUT2D eigenvalue weighted by molar-refractivity contribution is 6.80. The number of rotatable bonds is 20. The van der Waals surface area contributed by atoms with Gasteiger partial charge in [0.05, 0.1) is 8.07 Å². The summed E-state index contributed by atoms with van der Waals surface area (Å²) in [5.74, 6) is 0. The van der Waals surface area contributed by atoms with E-state index in [1.807, 2.05) is 60.6 Å². The van der Waals surface area contributed by atoms with Crippen molar-refractivity contribution in [3.8, 4) is 0 Å². The van der Waals surface area contributed by atoms with Crippen molar-refractivity contribution in [2.75, 3.05) is 92.4 Å². The molecule has 0 aromatic carbocycles. The Morgan fingerprint density at radius 3 is 0.344 bits per heavy atom. The lowest BCUT2D eigenvalue weighted by Gasteiger charge is -2.17. The van der Waals surface area contributed by atoms with Gasteiger partial charge in [-0.3, -0.25) is 0 Å². The van der Waals surface area contributed by atoms with Crippen molar-refractivity contribution >= 4 is 92.7 Å². The molecule has 13 nitrogen and oxygen atoms in total. The molecule has 24 heteroatoms. The Morgan fingerprint density at radius 2 is 0.333 bits per heavy atom. The lowest BCUT2D eigenvalue weighted by Crippen LogP contribution is -2.31. The van der Waals surface area contributed by atoms with Crippen LogP contribution in [0.1, 0.15) is 203 Å². The largest absolute Gasteiger partial charge is 0.424 e. The first-order valence-electron chi connectivity index (χ1n) is 26.5. The minimum Gasteiger partial charge on any atom is -0.424 e. The van der Waals surface area contributed by atoms with Crippen LogP contribution in [-0.4, -0.2) is 185 Å². The molecule has 0 N–H and O–H groups in total. The molecule has 0 fully saturated rings. The summed E-state index contributed by atoms with van der Waals surface area (Å²) < 4.78 is 66.1. The molecule has 0 saturated heterocycles. The third-order valence-electron chi connectivity index (χ3n) is 10.1. The van der Waals surface area contributed by atoms with Crippen molar-refractivity contribution in [2.45, 2.75) is 392 Å². The first-order chi connectivity index (χ1) is 32.7. The zero-order valence-corrected chi connectivity index (χ0v) is 69.6. The molecule has 0 aliphatic heterocycles. The molecule has 640 valence electrons. The molecular weight excluding hydrogens is 1380 g/mol. The highest BCUT2D eigenvalue weighted by Crippen LogP contribution is 2.12. The average Bonchev–Trinajstić information content (AvgIpc) is 3.30. The molecule has 0 heterocycles. The third-order valence-corrected chi connectivity index (χ3v) is 30.3. The smallest absolute Gasteiger partial charge is 0.331 e. The fourth-order valence-corrected chi connectivity index (χ4v) is 7.09. The maximum atomic E-state index is 5.32. The van der Waals surface area contributed by atoms with Gasteiger partial charge in [0.15, 0.2) is 58.9 Å². The standard InChI is InChI=1S/3C6H16OSi.C5H12Si.3C4H12O2Si.3C4H12OSi.C3H10OSi.22CH4/c3*1-5-6-8(3,4)7-2;1-5-6(2,3)4;3*1-5-7(3,4)6-2;3*1-5-6(2,3)4;1-4-5(2)3;;;;;;;;;;;;;;;;;;;;;;/h3*5-6H2,1-4H3;5H,1H2,2-4H3;3*1-4H3;3*1-4H3;5H,1-3H3;22*1H4. The van der Waals surface area contributed by atoms with Crippen LogP contribution in [-0.2, 0) is 57.5 Å². The van der Waals surface area contributed by atoms with E-state index < -0.39 is 92.7 Å². The van der Waals surface area contributed by atoms with Gasteiger partial charge in [-0.05, 0) is 169 Å². The van der Waals surface area contributed by atoms with Gasteiger partial charge in [0.2, 0.25) is 0 Å². The normalized spacial score (nSPS) is 9.07. The molecule has 0 saturated carbocycles. The third kappa shape index (κ3) is 287. The lowest BCUT2D eigenvalue weighted by molar-refractivity contribution is 0.257. The summed E-state index contributed by atoms with van der Waals surface area (Å²) in [6.45, 7) is 66.2. The van der Waals surface area contributed by atoms with Gasteiger partial charge < -0.3 is 57.5 Å². The Balaban J connectivity index is -0.0000000144. The molecule has 0 aliphatic carbocycles. The summed E-state index contributed by atoms with van der Waals surface area (Å²) in [5.41, 5.74) is 2.08. The average molecular weight is 1610 g/mol. The van der Waals surface area contributed by atoms with E-state index in [1.165, 1.54) is 37.4 Å². The summed E-state index contributed by atoms with van der Waals surface area (Å²) in [5, 5.41) is 0. The van der Waals surface area contributed by atoms with E-state index in [9.17, 15) is 0 Å². The van der Waals surface area contributed by atoms with Crippen LogP contribution in [0.5, 0.6) is 0 Å². The second kappa shape index (κ2) is 123. The van der Waals surface area contributed by atoms with E-state index in [0.29, 0.717) is 0 Å². The van der Waals surface area contributed by atoms with Crippen molar-refractivity contribution in [1.29, 1.82) is 0 Å². The van der Waals surface area contributed by atoms with Gasteiger partial charge >= 0.3 is 25.7 Å². The lowest BCUT2D eigenvalue weighted by atomic mass is 10.6. The van der Waals surface area contributed by atoms with Crippen molar-refractivity contribution in [2.24, 2.45) is 0 Å². The Hall–Kier alpha value is 1.61. The van der Waals surface area contributed by atoms with Gasteiger partial charge in [0.25, 0.3) is 0 Å². The van der Waals surface area contributed by atoms with Crippen LogP contribution >= 0.6 is 0 Å². The van der Waals surface area contributed by atoms with E-state index in [0.717, 1.165) is 0 Å². The summed E-state index contributed by atoms with van der Waals surface area (Å²) in [7, 11) is 9.20. The number of hydrogen-bond acceptors (Lipinski definition) is 13. The Bertz CT molecular complexity index is 993. The van der Waals surface area contributed by atoms with Gasteiger partial charge in [-0.2, -0.15) is 0 Å². The number of hydrogen-bond donors (Lipinski definition) is 0. The highest BCUT2D eigenvalue weighted by atomic mass is 28.4. The van der Waals surface area contributed by atoms with Crippen LogP contribution in [0, 0.1) is 0 Å². The minimum atomic E-state index is -1.65. The molecule has 0 radical (unpaired) electrons. The molecule has 0 unspecified atom stereocenters. The second-order valence-corrected chi connectivity index (χ2v) is 70.1. The van der Waals surface area contributed by atoms with Crippen molar-refractivity contribution < 1.29 is 57.5 Å². The van der Waals surface area contributed by atoms with Crippen LogP contribution in [0.2, 0.25) is 188 Å². The van der Waals surface area contributed by atoms with Gasteiger partial charge in [0, 0.05) is 92.4 Å². The molecule has 0 aliphatic rings. The first kappa shape index (κ1) is 218. The zero-order chi connectivity index (χ0) is 62.7. The molecule has 0 spiro atoms. The maximum absolute atomic E-state index is 5.32. The van der Waals surface area contributed by atoms with Gasteiger partial charge in [0.1, 0.15) is 0 Å². The topological polar surface area (TPSA) is 120 Å². The fourth-order valence-electron chi connectivity index (χ4n) is 2.36. The quantitative estimate of drug-likeness (QED) is 0.108. The van der Waals surface area contributed by atoms with E-state index in [-0.39, 0.29) is 163 Å². The summed E-state index contributed by atoms with van der Waals surface area (Å²) >= 11 is 0. The first-order valence-corrected chi connectivity index (χ1v) is 60.9. The van der Waals surface area contributed by atoms with Crippen LogP contribution in [0.15, 0.2) is 12.3 Å². The molecule has 0 amide bonds. The van der Waals surface area contributed by atoms with E-state index >= 15 is 0 Å². The van der Waals surface area contributed by atoms with E-state index in [2.05, 4.69) is 164 Å². The van der Waals surface area contributed by atoms with Crippen LogP contribution in [0.25, 0.3) is 0 Å².